The van der Waals surface area contributed by atoms with Crippen molar-refractivity contribution in [3.05, 3.63) is 59.1 Å². The van der Waals surface area contributed by atoms with Crippen LogP contribution in [0.15, 0.2) is 53.4 Å². The number of methoxy groups -OCH3 is 1. The molecule has 3 heterocycles. The number of nitrogens with zero attached hydrogens (tertiary/aromatic N) is 2. The second-order valence-electron chi connectivity index (χ2n) is 5.72. The predicted molar refractivity (Wildman–Crippen MR) is 92.5 cm³/mol. The minimum Gasteiger partial charge on any atom is -0.477 e. The molecule has 27 heavy (non-hydrogen) atoms. The molecular weight excluding hydrogens is 376 g/mol. The third-order valence-corrected chi connectivity index (χ3v) is 5.88. The van der Waals surface area contributed by atoms with Crippen LogP contribution in [0.3, 0.4) is 0 Å². The molecule has 1 saturated heterocycles. The van der Waals surface area contributed by atoms with Gasteiger partial charge in [-0.1, -0.05) is 6.07 Å². The first-order valence-electron chi connectivity index (χ1n) is 7.66. The maximum Gasteiger partial charge on any atom is 0.352 e. The number of hydrogen-bond donors (Lipinski definition) is 1. The van der Waals surface area contributed by atoms with Gasteiger partial charge in [0.15, 0.2) is 15.2 Å². The lowest BCUT2D eigenvalue weighted by Crippen LogP contribution is -2.62. The highest BCUT2D eigenvalue weighted by Gasteiger charge is 2.56. The molecule has 0 saturated carbocycles. The summed E-state index contributed by atoms with van der Waals surface area (Å²) in [5.41, 5.74) is -0.316. The van der Waals surface area contributed by atoms with E-state index in [0.29, 0.717) is 10.6 Å². The van der Waals surface area contributed by atoms with Gasteiger partial charge in [0.1, 0.15) is 5.70 Å². The zero-order valence-corrected chi connectivity index (χ0v) is 14.8. The SMILES string of the molecule is COC(=O)/C=C/C1=C(C(=O)O)N2C(=O)/C(=C/c3ccccn3)C2S(=O)(=O)C1. The van der Waals surface area contributed by atoms with Crippen LogP contribution in [0.2, 0.25) is 0 Å². The minimum atomic E-state index is -3.91. The van der Waals surface area contributed by atoms with Crippen molar-refractivity contribution in [2.75, 3.05) is 12.9 Å². The van der Waals surface area contributed by atoms with Gasteiger partial charge in [-0.2, -0.15) is 0 Å². The van der Waals surface area contributed by atoms with Crippen molar-refractivity contribution >= 4 is 33.8 Å². The van der Waals surface area contributed by atoms with Crippen molar-refractivity contribution in [2.24, 2.45) is 0 Å². The second kappa shape index (κ2) is 6.80. The molecule has 1 unspecified atom stereocenters. The van der Waals surface area contributed by atoms with Gasteiger partial charge in [-0.15, -0.1) is 0 Å². The molecule has 2 aliphatic rings. The molecule has 1 fully saturated rings. The highest BCUT2D eigenvalue weighted by Crippen LogP contribution is 2.41. The number of carboxylic acids is 1. The van der Waals surface area contributed by atoms with Gasteiger partial charge in [0.05, 0.1) is 24.1 Å². The number of rotatable bonds is 4. The molecule has 9 nitrogen and oxygen atoms in total. The average molecular weight is 390 g/mol. The Bertz CT molecular complexity index is 1020. The second-order valence-corrected chi connectivity index (χ2v) is 7.79. The largest absolute Gasteiger partial charge is 0.477 e. The van der Waals surface area contributed by atoms with E-state index in [-0.39, 0.29) is 11.1 Å². The smallest absolute Gasteiger partial charge is 0.352 e. The number of allylic oxidation sites excluding steroid dienone is 1. The Morgan fingerprint density at radius 3 is 2.70 bits per heavy atom. The lowest BCUT2D eigenvalue weighted by Gasteiger charge is -2.45. The fourth-order valence-corrected chi connectivity index (χ4v) is 4.78. The number of pyridine rings is 1. The number of ether oxygens (including phenoxy) is 1. The van der Waals surface area contributed by atoms with Crippen LogP contribution in [-0.4, -0.2) is 59.5 Å². The van der Waals surface area contributed by atoms with E-state index in [1.54, 1.807) is 18.2 Å². The standard InChI is InChI=1S/C17H14N2O7S/c1-26-13(20)6-5-10-9-27(24,25)16-12(8-11-4-2-3-7-18-11)15(21)19(16)14(10)17(22)23/h2-8,16H,9H2,1H3,(H,22,23)/b6-5+,12-8-. The Morgan fingerprint density at radius 2 is 2.11 bits per heavy atom. The van der Waals surface area contributed by atoms with Gasteiger partial charge in [0.2, 0.25) is 0 Å². The number of sulfone groups is 1. The molecule has 0 bridgehead atoms. The van der Waals surface area contributed by atoms with E-state index in [1.165, 1.54) is 12.3 Å². The van der Waals surface area contributed by atoms with Crippen molar-refractivity contribution < 1.29 is 32.6 Å². The normalized spacial score (nSPS) is 22.6. The lowest BCUT2D eigenvalue weighted by atomic mass is 10.0. The number of hydrogen-bond acceptors (Lipinski definition) is 7. The first-order chi connectivity index (χ1) is 12.8. The fourth-order valence-electron chi connectivity index (χ4n) is 2.87. The van der Waals surface area contributed by atoms with Crippen LogP contribution in [-0.2, 0) is 29.0 Å². The highest BCUT2D eigenvalue weighted by molar-refractivity contribution is 7.92. The Kier molecular flexibility index (Phi) is 4.66. The molecular formula is C17H14N2O7S. The van der Waals surface area contributed by atoms with Gasteiger partial charge in [-0.05, 0) is 29.9 Å². The summed E-state index contributed by atoms with van der Waals surface area (Å²) in [5, 5.41) is 8.09. The molecule has 0 spiro atoms. The highest BCUT2D eigenvalue weighted by atomic mass is 32.2. The van der Waals surface area contributed by atoms with Crippen molar-refractivity contribution in [3.63, 3.8) is 0 Å². The van der Waals surface area contributed by atoms with Crippen molar-refractivity contribution in [1.29, 1.82) is 0 Å². The molecule has 1 atom stereocenters. The number of aromatic nitrogens is 1. The number of β-lactam (4-membered cyclic amide) rings is 1. The molecule has 2 aliphatic heterocycles. The van der Waals surface area contributed by atoms with Gasteiger partial charge < -0.3 is 9.84 Å². The van der Waals surface area contributed by atoms with Gasteiger partial charge in [-0.3, -0.25) is 14.7 Å². The first-order valence-corrected chi connectivity index (χ1v) is 9.38. The number of carboxylic acid groups (broad SMARTS) is 1. The van der Waals surface area contributed by atoms with E-state index in [9.17, 15) is 27.9 Å². The molecule has 0 aliphatic carbocycles. The summed E-state index contributed by atoms with van der Waals surface area (Å²) in [4.78, 5) is 40.1. The Morgan fingerprint density at radius 1 is 1.37 bits per heavy atom. The number of carbonyl (C=O) groups excluding carboxylic acids is 2. The number of esters is 1. The van der Waals surface area contributed by atoms with Gasteiger partial charge in [0, 0.05) is 12.3 Å². The third-order valence-electron chi connectivity index (χ3n) is 4.02. The quantitative estimate of drug-likeness (QED) is 0.436. The van der Waals surface area contributed by atoms with E-state index in [2.05, 4.69) is 9.72 Å². The summed E-state index contributed by atoms with van der Waals surface area (Å²) in [6, 6.07) is 4.93. The van der Waals surface area contributed by atoms with Gasteiger partial charge in [0.25, 0.3) is 5.91 Å². The molecule has 1 N–H and O–H groups in total. The zero-order chi connectivity index (χ0) is 19.8. The molecule has 10 heteroatoms. The predicted octanol–water partition coefficient (Wildman–Crippen LogP) is 0.130. The minimum absolute atomic E-state index is 0.0524. The van der Waals surface area contributed by atoms with E-state index >= 15 is 0 Å². The van der Waals surface area contributed by atoms with Crippen LogP contribution in [0.5, 0.6) is 0 Å². The van der Waals surface area contributed by atoms with E-state index in [0.717, 1.165) is 19.3 Å². The summed E-state index contributed by atoms with van der Waals surface area (Å²) in [5.74, 6) is -3.62. The Balaban J connectivity index is 2.07. The summed E-state index contributed by atoms with van der Waals surface area (Å²) in [6.07, 6.45) is 4.76. The molecule has 1 aromatic heterocycles. The maximum absolute atomic E-state index is 12.6. The van der Waals surface area contributed by atoms with Gasteiger partial charge in [-0.25, -0.2) is 18.0 Å². The first kappa shape index (κ1) is 18.5. The number of carbonyl (C=O) groups is 3. The van der Waals surface area contributed by atoms with Crippen LogP contribution in [0.4, 0.5) is 0 Å². The number of fused-ring (bicyclic) bond motifs is 1. The van der Waals surface area contributed by atoms with Crippen LogP contribution in [0.25, 0.3) is 6.08 Å². The average Bonchev–Trinajstić information content (AvgIpc) is 2.63. The van der Waals surface area contributed by atoms with Gasteiger partial charge >= 0.3 is 11.9 Å². The van der Waals surface area contributed by atoms with Crippen molar-refractivity contribution in [3.8, 4) is 0 Å². The Hall–Kier alpha value is -3.27. The van der Waals surface area contributed by atoms with E-state index in [1.807, 2.05) is 0 Å². The topological polar surface area (TPSA) is 131 Å². The lowest BCUT2D eigenvalue weighted by molar-refractivity contribution is -0.141. The van der Waals surface area contributed by atoms with Crippen LogP contribution in [0.1, 0.15) is 5.69 Å². The van der Waals surface area contributed by atoms with Crippen LogP contribution in [0, 0.1) is 0 Å². The molecule has 0 aromatic carbocycles. The molecule has 1 aromatic rings. The molecule has 1 amide bonds. The Labute approximate surface area is 154 Å². The summed E-state index contributed by atoms with van der Waals surface area (Å²) in [7, 11) is -2.79. The summed E-state index contributed by atoms with van der Waals surface area (Å²) < 4.78 is 29.7. The van der Waals surface area contributed by atoms with E-state index in [4.69, 9.17) is 0 Å². The molecule has 140 valence electrons. The zero-order valence-electron chi connectivity index (χ0n) is 14.0. The maximum atomic E-state index is 12.6. The molecule has 3 rings (SSSR count). The summed E-state index contributed by atoms with van der Waals surface area (Å²) >= 11 is 0. The van der Waals surface area contributed by atoms with Crippen molar-refractivity contribution in [1.82, 2.24) is 9.88 Å². The van der Waals surface area contributed by atoms with Crippen LogP contribution >= 0.6 is 0 Å². The van der Waals surface area contributed by atoms with Crippen molar-refractivity contribution in [2.45, 2.75) is 5.37 Å². The number of amides is 1. The van der Waals surface area contributed by atoms with E-state index < -0.39 is 44.5 Å². The number of aliphatic carboxylic acids is 1. The van der Waals surface area contributed by atoms with Crippen LogP contribution < -0.4 is 0 Å². The monoisotopic (exact) mass is 390 g/mol. The fraction of sp³-hybridized carbons (Fsp3) is 0.176. The summed E-state index contributed by atoms with van der Waals surface area (Å²) in [6.45, 7) is 0. The third kappa shape index (κ3) is 3.26. The molecule has 0 radical (unpaired) electrons.